The minimum Gasteiger partial charge on any atom is -0.296 e. The van der Waals surface area contributed by atoms with Gasteiger partial charge in [0.15, 0.2) is 0 Å². The molecule has 1 aliphatic rings. The molecule has 0 N–H and O–H groups in total. The highest BCUT2D eigenvalue weighted by Gasteiger charge is 2.50. The minimum absolute atomic E-state index is 0.446. The van der Waals surface area contributed by atoms with Crippen LogP contribution >= 0.6 is 7.29 Å². The van der Waals surface area contributed by atoms with Gasteiger partial charge in [-0.25, -0.2) is 4.67 Å². The molecule has 1 fully saturated rings. The van der Waals surface area contributed by atoms with E-state index < -0.39 is 7.29 Å². The molecule has 1 aliphatic heterocycles. The van der Waals surface area contributed by atoms with Crippen molar-refractivity contribution in [2.45, 2.75) is 26.3 Å². The maximum Gasteiger partial charge on any atom is 0.207 e. The van der Waals surface area contributed by atoms with Crippen LogP contribution in [0.3, 0.4) is 0 Å². The van der Waals surface area contributed by atoms with Gasteiger partial charge in [0.05, 0.1) is 0 Å². The Labute approximate surface area is 127 Å². The molecular weight excluding hydrogens is 277 g/mol. The first-order valence-corrected chi connectivity index (χ1v) is 9.32. The van der Waals surface area contributed by atoms with Crippen molar-refractivity contribution in [1.82, 2.24) is 4.67 Å². The Hall–Kier alpha value is -1.37. The van der Waals surface area contributed by atoms with Crippen LogP contribution in [0.1, 0.15) is 20.3 Å². The van der Waals surface area contributed by atoms with Gasteiger partial charge in [0, 0.05) is 23.2 Å². The van der Waals surface area contributed by atoms with Crippen molar-refractivity contribution in [3.8, 4) is 0 Å². The molecule has 3 rings (SSSR count). The summed E-state index contributed by atoms with van der Waals surface area (Å²) in [6.45, 7) is 5.40. The summed E-state index contributed by atoms with van der Waals surface area (Å²) in [4.78, 5) is 0. The lowest BCUT2D eigenvalue weighted by Gasteiger charge is -2.22. The van der Waals surface area contributed by atoms with Crippen molar-refractivity contribution < 1.29 is 4.57 Å². The topological polar surface area (TPSA) is 20.1 Å². The molecule has 0 spiro atoms. The fraction of sp³-hybridized carbons (Fsp3) is 0.333. The fourth-order valence-corrected chi connectivity index (χ4v) is 6.01. The first-order valence-electron chi connectivity index (χ1n) is 7.66. The van der Waals surface area contributed by atoms with E-state index in [0.29, 0.717) is 12.0 Å². The molecule has 2 nitrogen and oxygen atoms in total. The zero-order valence-electron chi connectivity index (χ0n) is 12.6. The molecular formula is C18H22NOP. The molecule has 21 heavy (non-hydrogen) atoms. The quantitative estimate of drug-likeness (QED) is 0.620. The van der Waals surface area contributed by atoms with Crippen LogP contribution in [0.25, 0.3) is 0 Å². The first kappa shape index (κ1) is 14.6. The Morgan fingerprint density at radius 2 is 1.52 bits per heavy atom. The normalized spacial score (nSPS) is 22.8. The van der Waals surface area contributed by atoms with E-state index >= 15 is 0 Å². The van der Waals surface area contributed by atoms with Crippen LogP contribution in [-0.4, -0.2) is 17.3 Å². The predicted molar refractivity (Wildman–Crippen MR) is 89.7 cm³/mol. The Bertz CT molecular complexity index is 597. The lowest BCUT2D eigenvalue weighted by Crippen LogP contribution is -2.23. The van der Waals surface area contributed by atoms with Gasteiger partial charge in [0.25, 0.3) is 0 Å². The molecule has 2 aromatic carbocycles. The van der Waals surface area contributed by atoms with Crippen molar-refractivity contribution in [1.29, 1.82) is 0 Å². The van der Waals surface area contributed by atoms with Crippen molar-refractivity contribution in [3.63, 3.8) is 0 Å². The molecule has 0 saturated carbocycles. The highest BCUT2D eigenvalue weighted by molar-refractivity contribution is 7.76. The SMILES string of the molecule is CCC(C)[C@H]1CN1P(=O)(c1ccccc1)c1ccccc1. The Kier molecular flexibility index (Phi) is 4.01. The van der Waals surface area contributed by atoms with Gasteiger partial charge in [0.1, 0.15) is 0 Å². The van der Waals surface area contributed by atoms with E-state index in [2.05, 4.69) is 18.5 Å². The molecule has 2 unspecified atom stereocenters. The van der Waals surface area contributed by atoms with E-state index in [-0.39, 0.29) is 0 Å². The van der Waals surface area contributed by atoms with E-state index in [1.165, 1.54) is 0 Å². The summed E-state index contributed by atoms with van der Waals surface area (Å²) in [5.41, 5.74) is 0. The maximum atomic E-state index is 13.9. The lowest BCUT2D eigenvalue weighted by molar-refractivity contribution is 0.492. The van der Waals surface area contributed by atoms with E-state index in [0.717, 1.165) is 23.6 Å². The monoisotopic (exact) mass is 299 g/mol. The summed E-state index contributed by atoms with van der Waals surface area (Å²) in [5, 5.41) is 1.89. The van der Waals surface area contributed by atoms with Gasteiger partial charge >= 0.3 is 0 Å². The largest absolute Gasteiger partial charge is 0.296 e. The average molecular weight is 299 g/mol. The smallest absolute Gasteiger partial charge is 0.207 e. The first-order chi connectivity index (χ1) is 10.2. The molecule has 0 aliphatic carbocycles. The standard InChI is InChI=1S/C18H22NOP/c1-3-15(2)18-14-19(18)21(20,16-10-6-4-7-11-16)17-12-8-5-9-13-17/h4-13,15,18H,3,14H2,1-2H3/t15?,18-,19?/m1/s1. The van der Waals surface area contributed by atoms with Crippen LogP contribution in [0.5, 0.6) is 0 Å². The van der Waals surface area contributed by atoms with Crippen molar-refractivity contribution in [2.75, 3.05) is 6.54 Å². The highest BCUT2D eigenvalue weighted by Crippen LogP contribution is 2.56. The van der Waals surface area contributed by atoms with E-state index in [1.54, 1.807) is 0 Å². The molecule has 0 aromatic heterocycles. The Morgan fingerprint density at radius 3 is 1.95 bits per heavy atom. The highest BCUT2D eigenvalue weighted by atomic mass is 31.2. The number of hydrogen-bond acceptors (Lipinski definition) is 1. The summed E-state index contributed by atoms with van der Waals surface area (Å²) in [7, 11) is -2.67. The third-order valence-electron chi connectivity index (χ3n) is 4.50. The van der Waals surface area contributed by atoms with Crippen LogP contribution < -0.4 is 10.6 Å². The zero-order valence-corrected chi connectivity index (χ0v) is 13.5. The van der Waals surface area contributed by atoms with E-state index in [9.17, 15) is 4.57 Å². The molecule has 2 aromatic rings. The van der Waals surface area contributed by atoms with Crippen LogP contribution in [0.15, 0.2) is 60.7 Å². The average Bonchev–Trinajstić information content (AvgIpc) is 3.36. The summed E-state index contributed by atoms with van der Waals surface area (Å²) in [6, 6.07) is 20.3. The van der Waals surface area contributed by atoms with Crippen molar-refractivity contribution in [3.05, 3.63) is 60.7 Å². The molecule has 1 saturated heterocycles. The zero-order chi connectivity index (χ0) is 14.9. The van der Waals surface area contributed by atoms with Crippen LogP contribution in [0.2, 0.25) is 0 Å². The van der Waals surface area contributed by atoms with Gasteiger partial charge in [0.2, 0.25) is 7.29 Å². The van der Waals surface area contributed by atoms with Crippen LogP contribution in [-0.2, 0) is 4.57 Å². The number of benzene rings is 2. The third kappa shape index (κ3) is 2.59. The second-order valence-electron chi connectivity index (χ2n) is 5.82. The van der Waals surface area contributed by atoms with Gasteiger partial charge < -0.3 is 0 Å². The molecule has 3 heteroatoms. The molecule has 110 valence electrons. The summed E-state index contributed by atoms with van der Waals surface area (Å²) in [5.74, 6) is 0.589. The van der Waals surface area contributed by atoms with E-state index in [4.69, 9.17) is 0 Å². The van der Waals surface area contributed by atoms with Gasteiger partial charge in [-0.2, -0.15) is 0 Å². The predicted octanol–water partition coefficient (Wildman–Crippen LogP) is 3.65. The number of hydrogen-bond donors (Lipinski definition) is 0. The Balaban J connectivity index is 2.04. The third-order valence-corrected chi connectivity index (χ3v) is 7.68. The molecule has 3 atom stereocenters. The summed E-state index contributed by atoms with van der Waals surface area (Å²) >= 11 is 0. The van der Waals surface area contributed by atoms with Gasteiger partial charge in [-0.3, -0.25) is 4.57 Å². The summed E-state index contributed by atoms with van der Waals surface area (Å²) in [6.07, 6.45) is 1.13. The molecule has 1 heterocycles. The Morgan fingerprint density at radius 1 is 1.05 bits per heavy atom. The van der Waals surface area contributed by atoms with Crippen LogP contribution in [0.4, 0.5) is 0 Å². The van der Waals surface area contributed by atoms with Crippen molar-refractivity contribution >= 4 is 17.9 Å². The number of rotatable bonds is 5. The second-order valence-corrected chi connectivity index (χ2v) is 8.52. The maximum absolute atomic E-state index is 13.9. The fourth-order valence-electron chi connectivity index (χ4n) is 2.92. The lowest BCUT2D eigenvalue weighted by atomic mass is 10.1. The van der Waals surface area contributed by atoms with Gasteiger partial charge in [-0.05, 0) is 30.2 Å². The van der Waals surface area contributed by atoms with Crippen molar-refractivity contribution in [2.24, 2.45) is 5.92 Å². The van der Waals surface area contributed by atoms with Crippen LogP contribution in [0, 0.1) is 5.92 Å². The molecule has 0 radical (unpaired) electrons. The van der Waals surface area contributed by atoms with Gasteiger partial charge in [-0.1, -0.05) is 56.7 Å². The van der Waals surface area contributed by atoms with Gasteiger partial charge in [-0.15, -0.1) is 0 Å². The number of nitrogens with zero attached hydrogens (tertiary/aromatic N) is 1. The van der Waals surface area contributed by atoms with E-state index in [1.807, 2.05) is 60.7 Å². The second kappa shape index (κ2) is 5.79. The molecule has 0 amide bonds. The minimum atomic E-state index is -2.67. The summed E-state index contributed by atoms with van der Waals surface area (Å²) < 4.78 is 16.1. The molecule has 0 bridgehead atoms.